The van der Waals surface area contributed by atoms with Gasteiger partial charge in [0, 0.05) is 23.2 Å². The molecule has 0 saturated heterocycles. The second-order valence-corrected chi connectivity index (χ2v) is 6.29. The highest BCUT2D eigenvalue weighted by molar-refractivity contribution is 5.94. The lowest BCUT2D eigenvalue weighted by molar-refractivity contribution is 0.0953. The van der Waals surface area contributed by atoms with E-state index in [4.69, 9.17) is 9.47 Å². The van der Waals surface area contributed by atoms with E-state index in [0.29, 0.717) is 35.6 Å². The maximum absolute atomic E-state index is 12.3. The molecule has 6 heteroatoms. The number of aryl methyl sites for hydroxylation is 1. The molecule has 0 saturated carbocycles. The number of ether oxygens (including phenoxy) is 2. The average Bonchev–Trinajstić information content (AvgIpc) is 3.10. The first-order chi connectivity index (χ1) is 12.6. The predicted molar refractivity (Wildman–Crippen MR) is 97.9 cm³/mol. The molecule has 1 aliphatic rings. The molecule has 132 valence electrons. The summed E-state index contributed by atoms with van der Waals surface area (Å²) in [5.41, 5.74) is 2.96. The number of aromatic nitrogens is 1. The van der Waals surface area contributed by atoms with E-state index in [1.54, 1.807) is 18.2 Å². The zero-order valence-electron chi connectivity index (χ0n) is 14.3. The van der Waals surface area contributed by atoms with Crippen LogP contribution in [0.4, 0.5) is 0 Å². The van der Waals surface area contributed by atoms with Gasteiger partial charge in [-0.25, -0.2) is 0 Å². The molecule has 0 fully saturated rings. The number of rotatable bonds is 4. The van der Waals surface area contributed by atoms with Gasteiger partial charge in [0.25, 0.3) is 11.5 Å². The van der Waals surface area contributed by atoms with Gasteiger partial charge in [-0.1, -0.05) is 11.6 Å². The summed E-state index contributed by atoms with van der Waals surface area (Å²) < 4.78 is 10.5. The summed E-state index contributed by atoms with van der Waals surface area (Å²) in [6.45, 7) is 2.55. The molecule has 0 unspecified atom stereocenters. The van der Waals surface area contributed by atoms with Crippen molar-refractivity contribution >= 4 is 16.8 Å². The van der Waals surface area contributed by atoms with Crippen molar-refractivity contribution in [3.05, 3.63) is 69.5 Å². The lowest BCUT2D eigenvalue weighted by Gasteiger charge is -2.07. The summed E-state index contributed by atoms with van der Waals surface area (Å²) in [6, 6.07) is 12.8. The normalized spacial score (nSPS) is 12.3. The Hall–Kier alpha value is -3.28. The smallest absolute Gasteiger partial charge is 0.251 e. The van der Waals surface area contributed by atoms with Gasteiger partial charge in [-0.05, 0) is 55.1 Å². The zero-order chi connectivity index (χ0) is 18.1. The van der Waals surface area contributed by atoms with Crippen LogP contribution in [0, 0.1) is 6.92 Å². The van der Waals surface area contributed by atoms with Crippen LogP contribution in [0.3, 0.4) is 0 Å². The minimum atomic E-state index is -0.212. The number of H-pyrrole nitrogens is 1. The highest BCUT2D eigenvalue weighted by atomic mass is 16.7. The van der Waals surface area contributed by atoms with Crippen LogP contribution in [0.25, 0.3) is 10.9 Å². The van der Waals surface area contributed by atoms with E-state index in [-0.39, 0.29) is 18.3 Å². The van der Waals surface area contributed by atoms with Crippen molar-refractivity contribution in [2.45, 2.75) is 13.3 Å². The number of benzene rings is 2. The van der Waals surface area contributed by atoms with Crippen molar-refractivity contribution in [3.8, 4) is 11.5 Å². The van der Waals surface area contributed by atoms with E-state index in [1.807, 2.05) is 31.2 Å². The number of aromatic amines is 1. The summed E-state index contributed by atoms with van der Waals surface area (Å²) in [7, 11) is 0. The first-order valence-electron chi connectivity index (χ1n) is 8.40. The molecular weight excluding hydrogens is 332 g/mol. The van der Waals surface area contributed by atoms with Crippen LogP contribution < -0.4 is 20.3 Å². The van der Waals surface area contributed by atoms with Crippen molar-refractivity contribution in [2.75, 3.05) is 13.3 Å². The lowest BCUT2D eigenvalue weighted by atomic mass is 10.1. The standard InChI is InChI=1S/C20H18N2O4/c1-12-2-4-16-15(8-12)9-14(20(24)22-16)6-7-21-19(23)13-3-5-17-18(10-13)26-11-25-17/h2-5,8-10H,6-7,11H2,1H3,(H,21,23)(H,22,24). The van der Waals surface area contributed by atoms with Crippen LogP contribution in [0.1, 0.15) is 21.5 Å². The Morgan fingerprint density at radius 2 is 1.96 bits per heavy atom. The Balaban J connectivity index is 1.44. The molecule has 0 bridgehead atoms. The Morgan fingerprint density at radius 1 is 1.12 bits per heavy atom. The van der Waals surface area contributed by atoms with Crippen molar-refractivity contribution in [1.29, 1.82) is 0 Å². The Bertz CT molecular complexity index is 1060. The van der Waals surface area contributed by atoms with Gasteiger partial charge < -0.3 is 19.8 Å². The number of carbonyl (C=O) groups excluding carboxylic acids is 1. The molecule has 1 aromatic heterocycles. The molecule has 0 radical (unpaired) electrons. The number of carbonyl (C=O) groups is 1. The number of nitrogens with one attached hydrogen (secondary N) is 2. The van der Waals surface area contributed by atoms with Gasteiger partial charge in [0.15, 0.2) is 11.5 Å². The zero-order valence-corrected chi connectivity index (χ0v) is 14.3. The van der Waals surface area contributed by atoms with Crippen LogP contribution in [-0.4, -0.2) is 24.2 Å². The molecule has 0 aliphatic carbocycles. The molecule has 3 aromatic rings. The summed E-state index contributed by atoms with van der Waals surface area (Å²) in [6.07, 6.45) is 0.454. The SMILES string of the molecule is Cc1ccc2[nH]c(=O)c(CCNC(=O)c3ccc4c(c3)OCO4)cc2c1. The van der Waals surface area contributed by atoms with E-state index >= 15 is 0 Å². The van der Waals surface area contributed by atoms with Gasteiger partial charge in [0.05, 0.1) is 0 Å². The molecular formula is C20H18N2O4. The Morgan fingerprint density at radius 3 is 2.85 bits per heavy atom. The van der Waals surface area contributed by atoms with Crippen molar-refractivity contribution in [3.63, 3.8) is 0 Å². The van der Waals surface area contributed by atoms with Gasteiger partial charge in [-0.3, -0.25) is 9.59 Å². The van der Waals surface area contributed by atoms with Gasteiger partial charge >= 0.3 is 0 Å². The third-order valence-electron chi connectivity index (χ3n) is 4.39. The Kier molecular flexibility index (Phi) is 4.08. The molecule has 26 heavy (non-hydrogen) atoms. The summed E-state index contributed by atoms with van der Waals surface area (Å²) >= 11 is 0. The third kappa shape index (κ3) is 3.13. The third-order valence-corrected chi connectivity index (χ3v) is 4.39. The molecule has 4 rings (SSSR count). The van der Waals surface area contributed by atoms with Crippen molar-refractivity contribution in [2.24, 2.45) is 0 Å². The summed E-state index contributed by atoms with van der Waals surface area (Å²) in [5, 5.41) is 3.82. The molecule has 0 spiro atoms. The molecule has 2 aromatic carbocycles. The topological polar surface area (TPSA) is 80.4 Å². The van der Waals surface area contributed by atoms with E-state index in [2.05, 4.69) is 10.3 Å². The predicted octanol–water partition coefficient (Wildman–Crippen LogP) is 2.54. The summed E-state index contributed by atoms with van der Waals surface area (Å²) in [4.78, 5) is 27.4. The quantitative estimate of drug-likeness (QED) is 0.758. The number of hydrogen-bond donors (Lipinski definition) is 2. The first kappa shape index (κ1) is 16.2. The van der Waals surface area contributed by atoms with Gasteiger partial charge in [-0.15, -0.1) is 0 Å². The van der Waals surface area contributed by atoms with Gasteiger partial charge in [0.1, 0.15) is 0 Å². The number of fused-ring (bicyclic) bond motifs is 2. The highest BCUT2D eigenvalue weighted by Gasteiger charge is 2.16. The minimum absolute atomic E-state index is 0.126. The number of amides is 1. The fourth-order valence-corrected chi connectivity index (χ4v) is 3.01. The summed E-state index contributed by atoms with van der Waals surface area (Å²) in [5.74, 6) is 0.995. The molecule has 2 N–H and O–H groups in total. The molecule has 6 nitrogen and oxygen atoms in total. The minimum Gasteiger partial charge on any atom is -0.454 e. The highest BCUT2D eigenvalue weighted by Crippen LogP contribution is 2.32. The first-order valence-corrected chi connectivity index (χ1v) is 8.40. The maximum atomic E-state index is 12.3. The molecule has 1 aliphatic heterocycles. The lowest BCUT2D eigenvalue weighted by Crippen LogP contribution is -2.27. The number of hydrogen-bond acceptors (Lipinski definition) is 4. The maximum Gasteiger partial charge on any atom is 0.251 e. The van der Waals surface area contributed by atoms with Crippen LogP contribution in [-0.2, 0) is 6.42 Å². The van der Waals surface area contributed by atoms with Crippen LogP contribution in [0.5, 0.6) is 11.5 Å². The van der Waals surface area contributed by atoms with E-state index < -0.39 is 0 Å². The second kappa shape index (κ2) is 6.55. The largest absolute Gasteiger partial charge is 0.454 e. The van der Waals surface area contributed by atoms with Crippen LogP contribution in [0.15, 0.2) is 47.3 Å². The molecule has 2 heterocycles. The monoisotopic (exact) mass is 350 g/mol. The van der Waals surface area contributed by atoms with Crippen molar-refractivity contribution in [1.82, 2.24) is 10.3 Å². The average molecular weight is 350 g/mol. The molecule has 1 amide bonds. The van der Waals surface area contributed by atoms with E-state index in [1.165, 1.54) is 0 Å². The van der Waals surface area contributed by atoms with E-state index in [9.17, 15) is 9.59 Å². The number of pyridine rings is 1. The van der Waals surface area contributed by atoms with Crippen molar-refractivity contribution < 1.29 is 14.3 Å². The van der Waals surface area contributed by atoms with Crippen LogP contribution >= 0.6 is 0 Å². The fourth-order valence-electron chi connectivity index (χ4n) is 3.01. The van der Waals surface area contributed by atoms with Gasteiger partial charge in [-0.2, -0.15) is 0 Å². The fraction of sp³-hybridized carbons (Fsp3) is 0.200. The second-order valence-electron chi connectivity index (χ2n) is 6.29. The van der Waals surface area contributed by atoms with Crippen LogP contribution in [0.2, 0.25) is 0 Å². The van der Waals surface area contributed by atoms with E-state index in [0.717, 1.165) is 16.5 Å². The molecule has 0 atom stereocenters. The van der Waals surface area contributed by atoms with Gasteiger partial charge in [0.2, 0.25) is 6.79 Å². The Labute approximate surface area is 149 Å².